The highest BCUT2D eigenvalue weighted by Crippen LogP contribution is 2.35. The van der Waals surface area contributed by atoms with Crippen LogP contribution in [0.4, 0.5) is 17.8 Å². The summed E-state index contributed by atoms with van der Waals surface area (Å²) in [5.41, 5.74) is 9.36. The number of piperidine rings is 2. The second-order valence-corrected chi connectivity index (χ2v) is 11.7. The first-order valence-corrected chi connectivity index (χ1v) is 16.0. The lowest BCUT2D eigenvalue weighted by atomic mass is 9.97. The smallest absolute Gasteiger partial charge is 0.308 e. The van der Waals surface area contributed by atoms with Crippen LogP contribution in [-0.2, 0) is 6.54 Å². The summed E-state index contributed by atoms with van der Waals surface area (Å²) in [5, 5.41) is 0. The third-order valence-electron chi connectivity index (χ3n) is 8.74. The van der Waals surface area contributed by atoms with Crippen molar-refractivity contribution in [2.45, 2.75) is 58.2 Å². The molecule has 0 aliphatic carbocycles. The molecule has 2 saturated heterocycles. The fourth-order valence-electron chi connectivity index (χ4n) is 6.61. The Bertz CT molecular complexity index is 1680. The summed E-state index contributed by atoms with van der Waals surface area (Å²) in [6.45, 7) is 10.3. The SMILES string of the molecule is CCOc1cc(CN2CCC(N3CCC(N(c4nc5ncccc5o4)c4nc5nc(N)ccc5o4)CC3)CC2)cc(OCC)c1. The fraction of sp³-hybridized carbons (Fsp3) is 0.455. The average molecular weight is 613 g/mol. The number of nitrogen functional groups attached to an aromatic ring is 1. The highest BCUT2D eigenvalue weighted by molar-refractivity contribution is 5.74. The number of pyridine rings is 2. The van der Waals surface area contributed by atoms with E-state index < -0.39 is 0 Å². The maximum Gasteiger partial charge on any atom is 0.308 e. The van der Waals surface area contributed by atoms with Crippen LogP contribution in [0.15, 0.2) is 57.5 Å². The molecular formula is C33H40N8O4. The Kier molecular flexibility index (Phi) is 8.40. The lowest BCUT2D eigenvalue weighted by Gasteiger charge is -2.43. The summed E-state index contributed by atoms with van der Waals surface area (Å²) in [7, 11) is 0. The van der Waals surface area contributed by atoms with Gasteiger partial charge in [0.2, 0.25) is 11.3 Å². The fourth-order valence-corrected chi connectivity index (χ4v) is 6.61. The molecule has 6 heterocycles. The quantitative estimate of drug-likeness (QED) is 0.216. The second-order valence-electron chi connectivity index (χ2n) is 11.7. The molecule has 12 heteroatoms. The molecule has 5 aromatic rings. The van der Waals surface area contributed by atoms with E-state index >= 15 is 0 Å². The number of benzene rings is 1. The largest absolute Gasteiger partial charge is 0.494 e. The molecule has 45 heavy (non-hydrogen) atoms. The Morgan fingerprint density at radius 3 is 2.16 bits per heavy atom. The lowest BCUT2D eigenvalue weighted by molar-refractivity contribution is 0.0843. The zero-order valence-electron chi connectivity index (χ0n) is 25.9. The Hall–Kier alpha value is -4.42. The van der Waals surface area contributed by atoms with E-state index in [0.717, 1.165) is 69.9 Å². The highest BCUT2D eigenvalue weighted by atomic mass is 16.5. The summed E-state index contributed by atoms with van der Waals surface area (Å²) in [5.74, 6) is 2.14. The third-order valence-corrected chi connectivity index (χ3v) is 8.74. The van der Waals surface area contributed by atoms with Gasteiger partial charge in [-0.3, -0.25) is 4.90 Å². The number of hydrogen-bond acceptors (Lipinski definition) is 12. The Balaban J connectivity index is 1.01. The molecule has 0 spiro atoms. The number of nitrogens with zero attached hydrogens (tertiary/aromatic N) is 7. The van der Waals surface area contributed by atoms with E-state index in [1.165, 1.54) is 5.56 Å². The number of aromatic nitrogens is 4. The number of likely N-dealkylation sites (tertiary alicyclic amines) is 2. The van der Waals surface area contributed by atoms with Gasteiger partial charge in [0.15, 0.2) is 11.2 Å². The van der Waals surface area contributed by atoms with Crippen molar-refractivity contribution in [2.24, 2.45) is 0 Å². The molecule has 236 valence electrons. The van der Waals surface area contributed by atoms with Crippen molar-refractivity contribution >= 4 is 40.3 Å². The zero-order chi connectivity index (χ0) is 30.8. The molecule has 1 aromatic carbocycles. The maximum absolute atomic E-state index is 6.18. The van der Waals surface area contributed by atoms with Crippen molar-refractivity contribution < 1.29 is 18.3 Å². The monoisotopic (exact) mass is 612 g/mol. The van der Waals surface area contributed by atoms with Crippen LogP contribution >= 0.6 is 0 Å². The van der Waals surface area contributed by atoms with Gasteiger partial charge in [0.1, 0.15) is 17.3 Å². The van der Waals surface area contributed by atoms with E-state index in [1.807, 2.05) is 36.9 Å². The van der Waals surface area contributed by atoms with E-state index in [1.54, 1.807) is 18.3 Å². The molecule has 0 saturated carbocycles. The van der Waals surface area contributed by atoms with Gasteiger partial charge in [-0.1, -0.05) is 0 Å². The van der Waals surface area contributed by atoms with E-state index in [0.29, 0.717) is 59.6 Å². The van der Waals surface area contributed by atoms with Gasteiger partial charge >= 0.3 is 12.0 Å². The van der Waals surface area contributed by atoms with Crippen molar-refractivity contribution in [3.8, 4) is 11.5 Å². The number of ether oxygens (including phenoxy) is 2. The second kappa shape index (κ2) is 12.9. The maximum atomic E-state index is 6.18. The summed E-state index contributed by atoms with van der Waals surface area (Å²) in [6.07, 6.45) is 5.85. The summed E-state index contributed by atoms with van der Waals surface area (Å²) in [4.78, 5) is 25.3. The number of oxazole rings is 2. The predicted octanol–water partition coefficient (Wildman–Crippen LogP) is 5.41. The van der Waals surface area contributed by atoms with Crippen LogP contribution in [0.3, 0.4) is 0 Å². The molecule has 0 unspecified atom stereocenters. The number of fused-ring (bicyclic) bond motifs is 2. The van der Waals surface area contributed by atoms with Crippen molar-refractivity contribution in [1.29, 1.82) is 0 Å². The standard InChI is InChI=1S/C33H40N8O4/c1-3-42-25-18-22(19-26(20-25)43-4-2)21-39-14-9-23(10-15-39)40-16-11-24(12-17-40)41(32-37-30-27(44-32)6-5-13-35-30)33-38-31-28(45-33)7-8-29(34)36-31/h5-8,13,18-20,23-24H,3-4,9-12,14-17,21H2,1-2H3,(H2,34,36). The lowest BCUT2D eigenvalue weighted by Crippen LogP contribution is -2.50. The molecule has 7 rings (SSSR count). The molecule has 2 aliphatic rings. The minimum atomic E-state index is 0.0944. The van der Waals surface area contributed by atoms with Crippen molar-refractivity contribution in [1.82, 2.24) is 29.7 Å². The number of hydrogen-bond donors (Lipinski definition) is 1. The van der Waals surface area contributed by atoms with Gasteiger partial charge in [0, 0.05) is 44.0 Å². The summed E-state index contributed by atoms with van der Waals surface area (Å²) in [6, 6.07) is 15.0. The topological polar surface area (TPSA) is 132 Å². The third kappa shape index (κ3) is 6.38. The van der Waals surface area contributed by atoms with Crippen LogP contribution in [0.25, 0.3) is 22.5 Å². The zero-order valence-corrected chi connectivity index (χ0v) is 25.9. The van der Waals surface area contributed by atoms with Gasteiger partial charge in [0.05, 0.1) is 13.2 Å². The highest BCUT2D eigenvalue weighted by Gasteiger charge is 2.35. The van der Waals surface area contributed by atoms with Gasteiger partial charge in [-0.25, -0.2) is 14.9 Å². The number of rotatable bonds is 10. The van der Waals surface area contributed by atoms with Gasteiger partial charge in [-0.15, -0.1) is 0 Å². The van der Waals surface area contributed by atoms with Crippen LogP contribution in [-0.4, -0.2) is 81.2 Å². The van der Waals surface area contributed by atoms with Crippen LogP contribution in [0.2, 0.25) is 0 Å². The molecular weight excluding hydrogens is 572 g/mol. The minimum Gasteiger partial charge on any atom is -0.494 e. The van der Waals surface area contributed by atoms with Gasteiger partial charge < -0.3 is 28.9 Å². The Morgan fingerprint density at radius 2 is 1.49 bits per heavy atom. The first-order valence-electron chi connectivity index (χ1n) is 16.0. The first-order chi connectivity index (χ1) is 22.1. The molecule has 2 fully saturated rings. The van der Waals surface area contributed by atoms with Crippen LogP contribution in [0.1, 0.15) is 45.1 Å². The van der Waals surface area contributed by atoms with Crippen LogP contribution in [0.5, 0.6) is 11.5 Å². The van der Waals surface area contributed by atoms with Gasteiger partial charge in [-0.05, 0) is 94.6 Å². The van der Waals surface area contributed by atoms with Crippen LogP contribution in [0, 0.1) is 0 Å². The van der Waals surface area contributed by atoms with E-state index in [9.17, 15) is 0 Å². The Morgan fingerprint density at radius 1 is 0.822 bits per heavy atom. The van der Waals surface area contributed by atoms with Crippen molar-refractivity contribution in [3.63, 3.8) is 0 Å². The summed E-state index contributed by atoms with van der Waals surface area (Å²) >= 11 is 0. The van der Waals surface area contributed by atoms with E-state index in [-0.39, 0.29) is 6.04 Å². The number of nitrogens with two attached hydrogens (primary N) is 1. The van der Waals surface area contributed by atoms with E-state index in [4.69, 9.17) is 34.0 Å². The molecule has 2 aliphatic heterocycles. The van der Waals surface area contributed by atoms with Gasteiger partial charge in [-0.2, -0.15) is 9.97 Å². The Labute approximate surface area is 262 Å². The predicted molar refractivity (Wildman–Crippen MR) is 172 cm³/mol. The molecule has 12 nitrogen and oxygen atoms in total. The summed E-state index contributed by atoms with van der Waals surface area (Å²) < 4.78 is 23.9. The molecule has 0 radical (unpaired) electrons. The van der Waals surface area contributed by atoms with Gasteiger partial charge in [0.25, 0.3) is 0 Å². The first kappa shape index (κ1) is 29.3. The molecule has 2 N–H and O–H groups in total. The average Bonchev–Trinajstić information content (AvgIpc) is 3.66. The van der Waals surface area contributed by atoms with Crippen molar-refractivity contribution in [2.75, 3.05) is 50.0 Å². The van der Waals surface area contributed by atoms with Crippen molar-refractivity contribution in [3.05, 3.63) is 54.2 Å². The molecule has 0 amide bonds. The molecule has 4 aromatic heterocycles. The normalized spacial score (nSPS) is 17.3. The van der Waals surface area contributed by atoms with Crippen LogP contribution < -0.4 is 20.1 Å². The number of anilines is 3. The minimum absolute atomic E-state index is 0.0944. The molecule has 0 atom stereocenters. The molecule has 0 bridgehead atoms. The van der Waals surface area contributed by atoms with E-state index in [2.05, 4.69) is 31.9 Å².